The number of sulfonamides is 1. The van der Waals surface area contributed by atoms with E-state index in [0.29, 0.717) is 6.42 Å². The number of halogens is 1. The predicted octanol–water partition coefficient (Wildman–Crippen LogP) is 5.94. The third kappa shape index (κ3) is 7.71. The van der Waals surface area contributed by atoms with Gasteiger partial charge in [-0.3, -0.25) is 18.8 Å². The van der Waals surface area contributed by atoms with Gasteiger partial charge in [0.25, 0.3) is 10.0 Å². The molecular formula is C28H37ClN2O6S. The standard InChI is InChI=1S/C28H37ClN2O6S/c1-30-24-13-9-8-12-22(24)28(23-17-16-21(29)20-25(23)38(30,36)37)31(18-10-4-2-6-14-26(32)33)19-11-5-3-7-15-27(34)35/h8-9,12-13,16-17,20,28H,2-7,10-11,14-15,18-19H2,1H3,(H,32,33)(H,34,35)/i2D2,4D2,6D2,10D2,14D2,18D2. The molecule has 1 aliphatic heterocycles. The van der Waals surface area contributed by atoms with Crippen LogP contribution in [-0.4, -0.2) is 55.6 Å². The maximum absolute atomic E-state index is 13.9. The molecule has 1 unspecified atom stereocenters. The van der Waals surface area contributed by atoms with Gasteiger partial charge in [0.1, 0.15) is 0 Å². The lowest BCUT2D eigenvalue weighted by atomic mass is 9.94. The predicted molar refractivity (Wildman–Crippen MR) is 148 cm³/mol. The fraction of sp³-hybridized carbons (Fsp3) is 0.500. The minimum atomic E-state index is -4.41. The maximum atomic E-state index is 13.9. The molecular weight excluding hydrogens is 528 g/mol. The lowest BCUT2D eigenvalue weighted by Gasteiger charge is -2.33. The second-order valence-corrected chi connectivity index (χ2v) is 10.8. The summed E-state index contributed by atoms with van der Waals surface area (Å²) < 4.78 is 130. The second-order valence-electron chi connectivity index (χ2n) is 8.41. The molecule has 0 saturated carbocycles. The van der Waals surface area contributed by atoms with E-state index in [-0.39, 0.29) is 47.5 Å². The van der Waals surface area contributed by atoms with Crippen LogP contribution in [0, 0.1) is 0 Å². The molecule has 3 rings (SSSR count). The third-order valence-electron chi connectivity index (χ3n) is 5.89. The highest BCUT2D eigenvalue weighted by atomic mass is 35.5. The number of hydrogen-bond acceptors (Lipinski definition) is 5. The van der Waals surface area contributed by atoms with E-state index in [1.807, 2.05) is 0 Å². The van der Waals surface area contributed by atoms with E-state index in [4.69, 9.17) is 30.4 Å². The summed E-state index contributed by atoms with van der Waals surface area (Å²) in [4.78, 5) is 23.0. The Kier molecular flexibility index (Phi) is 6.30. The van der Waals surface area contributed by atoms with Crippen LogP contribution in [0.25, 0.3) is 0 Å². The number of carboxylic acid groups (broad SMARTS) is 2. The van der Waals surface area contributed by atoms with Crippen molar-refractivity contribution in [2.45, 2.75) is 74.9 Å². The Hall–Kier alpha value is -2.62. The first kappa shape index (κ1) is 17.2. The quantitative estimate of drug-likeness (QED) is 0.252. The Labute approximate surface area is 247 Å². The molecule has 0 spiro atoms. The SMILES string of the molecule is [2H]C([2H])(C(=O)O)C([2H])([2H])C([2H])([2H])C([2H])([2H])C([2H])([2H])C([2H])([2H])N(CCCCCCC(=O)O)C1c2ccccc2N(C)S(=O)(=O)c2cc(Cl)ccc21. The van der Waals surface area contributed by atoms with E-state index in [2.05, 4.69) is 0 Å². The monoisotopic (exact) mass is 576 g/mol. The smallest absolute Gasteiger partial charge is 0.303 e. The number of fused-ring (bicyclic) bond motifs is 2. The topological polar surface area (TPSA) is 115 Å². The summed E-state index contributed by atoms with van der Waals surface area (Å²) in [6, 6.07) is 7.99. The van der Waals surface area contributed by atoms with Crippen LogP contribution in [0.5, 0.6) is 0 Å². The molecule has 208 valence electrons. The summed E-state index contributed by atoms with van der Waals surface area (Å²) in [5.41, 5.74) is 0.0149. The van der Waals surface area contributed by atoms with E-state index >= 15 is 0 Å². The fourth-order valence-corrected chi connectivity index (χ4v) is 5.86. The molecule has 1 heterocycles. The molecule has 0 saturated heterocycles. The number of aliphatic carboxylic acids is 2. The summed E-state index contributed by atoms with van der Waals surface area (Å²) in [6.45, 7) is -4.16. The zero-order valence-corrected chi connectivity index (χ0v) is 22.1. The molecule has 38 heavy (non-hydrogen) atoms. The summed E-state index contributed by atoms with van der Waals surface area (Å²) in [5, 5.41) is 18.3. The van der Waals surface area contributed by atoms with Crippen LogP contribution in [-0.2, 0) is 19.6 Å². The molecule has 2 N–H and O–H groups in total. The number of carbonyl (C=O) groups is 2. The molecule has 1 aliphatic rings. The number of unbranched alkanes of at least 4 members (excludes halogenated alkanes) is 3. The maximum Gasteiger partial charge on any atom is 0.303 e. The second kappa shape index (κ2) is 14.0. The Balaban J connectivity index is 2.34. The van der Waals surface area contributed by atoms with Crippen LogP contribution in [0.3, 0.4) is 0 Å². The molecule has 0 aromatic heterocycles. The molecule has 2 aromatic carbocycles. The Morgan fingerprint density at radius 1 is 0.974 bits per heavy atom. The highest BCUT2D eigenvalue weighted by Gasteiger charge is 2.37. The van der Waals surface area contributed by atoms with Crippen LogP contribution in [0.15, 0.2) is 47.4 Å². The minimum absolute atomic E-state index is 0.0116. The number of nitrogens with zero attached hydrogens (tertiary/aromatic N) is 2. The Morgan fingerprint density at radius 2 is 1.68 bits per heavy atom. The van der Waals surface area contributed by atoms with Gasteiger partial charge in [-0.2, -0.15) is 0 Å². The molecule has 0 amide bonds. The highest BCUT2D eigenvalue weighted by molar-refractivity contribution is 7.92. The van der Waals surface area contributed by atoms with Crippen LogP contribution in [0.2, 0.25) is 5.02 Å². The average molecular weight is 577 g/mol. The van der Waals surface area contributed by atoms with E-state index in [1.54, 1.807) is 0 Å². The van der Waals surface area contributed by atoms with Crippen molar-refractivity contribution in [3.05, 3.63) is 58.6 Å². The van der Waals surface area contributed by atoms with Crippen molar-refractivity contribution in [1.82, 2.24) is 4.90 Å². The van der Waals surface area contributed by atoms with Crippen molar-refractivity contribution in [3.8, 4) is 0 Å². The number of hydrogen-bond donors (Lipinski definition) is 2. The van der Waals surface area contributed by atoms with Crippen molar-refractivity contribution in [2.75, 3.05) is 24.4 Å². The Bertz CT molecular complexity index is 1730. The zero-order valence-electron chi connectivity index (χ0n) is 32.6. The molecule has 1 atom stereocenters. The van der Waals surface area contributed by atoms with E-state index in [0.717, 1.165) is 15.3 Å². The summed E-state index contributed by atoms with van der Waals surface area (Å²) in [6.07, 6.45) is -20.5. The zero-order chi connectivity index (χ0) is 38.5. The van der Waals surface area contributed by atoms with E-state index in [1.165, 1.54) is 43.4 Å². The van der Waals surface area contributed by atoms with Crippen molar-refractivity contribution >= 4 is 39.3 Å². The Morgan fingerprint density at radius 3 is 2.42 bits per heavy atom. The average Bonchev–Trinajstić information content (AvgIpc) is 3.07. The van der Waals surface area contributed by atoms with Gasteiger partial charge in [0.2, 0.25) is 0 Å². The van der Waals surface area contributed by atoms with Crippen molar-refractivity contribution < 1.29 is 44.7 Å². The van der Waals surface area contributed by atoms with Crippen LogP contribution in [0.4, 0.5) is 5.69 Å². The van der Waals surface area contributed by atoms with Crippen molar-refractivity contribution in [2.24, 2.45) is 0 Å². The first-order valence-corrected chi connectivity index (χ1v) is 13.5. The normalized spacial score (nSPS) is 23.0. The summed E-state index contributed by atoms with van der Waals surface area (Å²) >= 11 is 6.20. The first-order chi connectivity index (χ1) is 22.6. The van der Waals surface area contributed by atoms with Gasteiger partial charge < -0.3 is 10.2 Å². The van der Waals surface area contributed by atoms with Gasteiger partial charge in [-0.1, -0.05) is 61.5 Å². The highest BCUT2D eigenvalue weighted by Crippen LogP contribution is 2.43. The van der Waals surface area contributed by atoms with E-state index < -0.39 is 77.8 Å². The van der Waals surface area contributed by atoms with Gasteiger partial charge in [0.05, 0.1) is 16.6 Å². The van der Waals surface area contributed by atoms with Crippen molar-refractivity contribution in [1.29, 1.82) is 0 Å². The summed E-state index contributed by atoms with van der Waals surface area (Å²) in [7, 11) is -3.18. The number of para-hydroxylation sites is 1. The lowest BCUT2D eigenvalue weighted by molar-refractivity contribution is -0.138. The largest absolute Gasteiger partial charge is 0.481 e. The molecule has 8 nitrogen and oxygen atoms in total. The van der Waals surface area contributed by atoms with Gasteiger partial charge in [0.15, 0.2) is 0 Å². The summed E-state index contributed by atoms with van der Waals surface area (Å²) in [5.74, 6) is -3.55. The fourth-order valence-electron chi connectivity index (χ4n) is 4.15. The molecule has 0 bridgehead atoms. The van der Waals surface area contributed by atoms with Crippen LogP contribution in [0.1, 0.15) is 97.6 Å². The number of carboxylic acids is 2. The van der Waals surface area contributed by atoms with Crippen LogP contribution >= 0.6 is 11.6 Å². The molecule has 2 aromatic rings. The van der Waals surface area contributed by atoms with Crippen LogP contribution < -0.4 is 4.31 Å². The van der Waals surface area contributed by atoms with Gasteiger partial charge in [0, 0.05) is 41.3 Å². The molecule has 10 heteroatoms. The van der Waals surface area contributed by atoms with Gasteiger partial charge in [-0.05, 0) is 68.0 Å². The van der Waals surface area contributed by atoms with Gasteiger partial charge in [-0.15, -0.1) is 0 Å². The lowest BCUT2D eigenvalue weighted by Crippen LogP contribution is -2.32. The molecule has 0 aliphatic carbocycles. The molecule has 0 radical (unpaired) electrons. The van der Waals surface area contributed by atoms with Gasteiger partial charge >= 0.3 is 11.9 Å². The van der Waals surface area contributed by atoms with E-state index in [9.17, 15) is 25.9 Å². The first-order valence-electron chi connectivity index (χ1n) is 17.7. The van der Waals surface area contributed by atoms with Crippen molar-refractivity contribution in [3.63, 3.8) is 0 Å². The number of anilines is 1. The molecule has 0 fully saturated rings. The van der Waals surface area contributed by atoms with Gasteiger partial charge in [-0.25, -0.2) is 8.42 Å². The number of benzene rings is 2. The number of rotatable bonds is 15. The minimum Gasteiger partial charge on any atom is -0.481 e. The third-order valence-corrected chi connectivity index (χ3v) is 7.95.